The Morgan fingerprint density at radius 2 is 1.84 bits per heavy atom. The van der Waals surface area contributed by atoms with E-state index in [1.54, 1.807) is 6.07 Å². The Balaban J connectivity index is 2.04. The number of carbonyl (C=O) groups is 1. The summed E-state index contributed by atoms with van der Waals surface area (Å²) >= 11 is 6.79. The quantitative estimate of drug-likeness (QED) is 0.710. The van der Waals surface area contributed by atoms with Crippen LogP contribution in [0, 0.1) is 6.92 Å². The lowest BCUT2D eigenvalue weighted by Gasteiger charge is -2.08. The van der Waals surface area contributed by atoms with Crippen molar-refractivity contribution in [3.05, 3.63) is 62.5 Å². The summed E-state index contributed by atoms with van der Waals surface area (Å²) in [6, 6.07) is 13.0. The summed E-state index contributed by atoms with van der Waals surface area (Å²) in [6.45, 7) is 2.01. The van der Waals surface area contributed by atoms with E-state index in [0.717, 1.165) is 14.5 Å². The molecule has 0 fully saturated rings. The smallest absolute Gasteiger partial charge is 0.201 e. The van der Waals surface area contributed by atoms with Crippen LogP contribution in [0.15, 0.2) is 51.4 Å². The minimum atomic E-state index is -0.0481. The second kappa shape index (κ2) is 6.35. The molecule has 2 rings (SSSR count). The molecule has 0 bridgehead atoms. The van der Waals surface area contributed by atoms with Crippen molar-refractivity contribution in [1.82, 2.24) is 0 Å². The highest BCUT2D eigenvalue weighted by atomic mass is 79.9. The van der Waals surface area contributed by atoms with Gasteiger partial charge in [-0.3, -0.25) is 4.79 Å². The van der Waals surface area contributed by atoms with Gasteiger partial charge in [0.15, 0.2) is 6.61 Å². The summed E-state index contributed by atoms with van der Waals surface area (Å²) in [5.74, 6) is 0.647. The van der Waals surface area contributed by atoms with Crippen molar-refractivity contribution in [3.8, 4) is 5.75 Å². The number of Topliss-reactive ketones (excluding diaryl/α,β-unsaturated/α-hetero) is 1. The van der Waals surface area contributed by atoms with Crippen molar-refractivity contribution in [3.63, 3.8) is 0 Å². The molecule has 0 amide bonds. The molecular formula is C15H12Br2O2. The third-order valence-electron chi connectivity index (χ3n) is 2.67. The van der Waals surface area contributed by atoms with Gasteiger partial charge in [-0.25, -0.2) is 0 Å². The van der Waals surface area contributed by atoms with Crippen LogP contribution in [0.4, 0.5) is 0 Å². The average Bonchev–Trinajstić information content (AvgIpc) is 2.40. The largest absolute Gasteiger partial charge is 0.485 e. The van der Waals surface area contributed by atoms with E-state index >= 15 is 0 Å². The van der Waals surface area contributed by atoms with Gasteiger partial charge >= 0.3 is 0 Å². The van der Waals surface area contributed by atoms with Gasteiger partial charge < -0.3 is 4.74 Å². The summed E-state index contributed by atoms with van der Waals surface area (Å²) in [7, 11) is 0. The topological polar surface area (TPSA) is 26.3 Å². The highest BCUT2D eigenvalue weighted by Gasteiger charge is 2.10. The molecule has 0 atom stereocenters. The van der Waals surface area contributed by atoms with Crippen molar-refractivity contribution in [2.24, 2.45) is 0 Å². The second-order valence-electron chi connectivity index (χ2n) is 4.10. The minimum absolute atomic E-state index is 0.0314. The van der Waals surface area contributed by atoms with Crippen LogP contribution < -0.4 is 4.74 Å². The number of aryl methyl sites for hydroxylation is 1. The lowest BCUT2D eigenvalue weighted by molar-refractivity contribution is 0.0920. The number of rotatable bonds is 4. The molecule has 0 aliphatic carbocycles. The number of ether oxygens (including phenoxy) is 1. The fraction of sp³-hybridized carbons (Fsp3) is 0.133. The third kappa shape index (κ3) is 3.67. The van der Waals surface area contributed by atoms with Gasteiger partial charge in [0.25, 0.3) is 0 Å². The van der Waals surface area contributed by atoms with Gasteiger partial charge in [0.2, 0.25) is 5.78 Å². The first kappa shape index (κ1) is 14.3. The molecule has 0 saturated carbocycles. The van der Waals surface area contributed by atoms with E-state index in [0.29, 0.717) is 11.3 Å². The highest BCUT2D eigenvalue weighted by molar-refractivity contribution is 9.10. The van der Waals surface area contributed by atoms with Crippen LogP contribution in [0.1, 0.15) is 15.9 Å². The zero-order valence-electron chi connectivity index (χ0n) is 10.3. The standard InChI is InChI=1S/C15H12Br2O2/c1-10-8-11(6-7-13(10)16)19-9-15(18)12-4-2-3-5-14(12)17/h2-8H,9H2,1H3. The predicted octanol–water partition coefficient (Wildman–Crippen LogP) is 4.78. The van der Waals surface area contributed by atoms with Crippen LogP contribution in [0.5, 0.6) is 5.75 Å². The van der Waals surface area contributed by atoms with Gasteiger partial charge in [-0.05, 0) is 36.8 Å². The van der Waals surface area contributed by atoms with Crippen molar-refractivity contribution in [2.45, 2.75) is 6.92 Å². The van der Waals surface area contributed by atoms with Crippen LogP contribution >= 0.6 is 31.9 Å². The molecule has 0 aliphatic rings. The molecule has 19 heavy (non-hydrogen) atoms. The Morgan fingerprint density at radius 3 is 2.53 bits per heavy atom. The molecule has 0 heterocycles. The van der Waals surface area contributed by atoms with Gasteiger partial charge in [-0.1, -0.05) is 50.1 Å². The van der Waals surface area contributed by atoms with Crippen molar-refractivity contribution in [1.29, 1.82) is 0 Å². The Morgan fingerprint density at radius 1 is 1.11 bits per heavy atom. The van der Waals surface area contributed by atoms with Gasteiger partial charge in [0.1, 0.15) is 5.75 Å². The Hall–Kier alpha value is -1.13. The Kier molecular flexibility index (Phi) is 4.77. The van der Waals surface area contributed by atoms with Crippen molar-refractivity contribution in [2.75, 3.05) is 6.61 Å². The molecule has 0 radical (unpaired) electrons. The Bertz CT molecular complexity index is 609. The summed E-state index contributed by atoms with van der Waals surface area (Å²) in [5.41, 5.74) is 1.71. The lowest BCUT2D eigenvalue weighted by atomic mass is 10.1. The molecule has 0 spiro atoms. The predicted molar refractivity (Wildman–Crippen MR) is 82.8 cm³/mol. The van der Waals surface area contributed by atoms with Crippen LogP contribution in [-0.4, -0.2) is 12.4 Å². The first-order valence-corrected chi connectivity index (χ1v) is 7.33. The van der Waals surface area contributed by atoms with Gasteiger partial charge in [-0.2, -0.15) is 0 Å². The number of ketones is 1. The van der Waals surface area contributed by atoms with Crippen LogP contribution in [-0.2, 0) is 0 Å². The number of hydrogen-bond acceptors (Lipinski definition) is 2. The zero-order chi connectivity index (χ0) is 13.8. The molecule has 0 saturated heterocycles. The van der Waals surface area contributed by atoms with E-state index in [2.05, 4.69) is 31.9 Å². The van der Waals surface area contributed by atoms with Crippen LogP contribution in [0.25, 0.3) is 0 Å². The van der Waals surface area contributed by atoms with Crippen LogP contribution in [0.3, 0.4) is 0 Å². The molecule has 2 aromatic carbocycles. The minimum Gasteiger partial charge on any atom is -0.485 e. The van der Waals surface area contributed by atoms with Crippen molar-refractivity contribution < 1.29 is 9.53 Å². The maximum absolute atomic E-state index is 12.0. The maximum Gasteiger partial charge on any atom is 0.201 e. The van der Waals surface area contributed by atoms with E-state index in [4.69, 9.17) is 4.74 Å². The molecule has 2 nitrogen and oxygen atoms in total. The lowest BCUT2D eigenvalue weighted by Crippen LogP contribution is -2.12. The summed E-state index contributed by atoms with van der Waals surface area (Å²) < 4.78 is 7.33. The number of halogens is 2. The maximum atomic E-state index is 12.0. The van der Waals surface area contributed by atoms with Gasteiger partial charge in [0.05, 0.1) is 0 Å². The fourth-order valence-electron chi connectivity index (χ4n) is 1.62. The number of carbonyl (C=O) groups excluding carboxylic acids is 1. The molecule has 0 unspecified atom stereocenters. The van der Waals surface area contributed by atoms with Gasteiger partial charge in [0, 0.05) is 14.5 Å². The highest BCUT2D eigenvalue weighted by Crippen LogP contribution is 2.22. The van der Waals surface area contributed by atoms with E-state index < -0.39 is 0 Å². The summed E-state index contributed by atoms with van der Waals surface area (Å²) in [6.07, 6.45) is 0. The molecule has 2 aromatic rings. The summed E-state index contributed by atoms with van der Waals surface area (Å²) in [5, 5.41) is 0. The fourth-order valence-corrected chi connectivity index (χ4v) is 2.37. The first-order valence-electron chi connectivity index (χ1n) is 5.74. The third-order valence-corrected chi connectivity index (χ3v) is 4.25. The number of benzene rings is 2. The molecule has 0 aromatic heterocycles. The van der Waals surface area contributed by atoms with E-state index in [9.17, 15) is 4.79 Å². The second-order valence-corrected chi connectivity index (χ2v) is 5.81. The summed E-state index contributed by atoms with van der Waals surface area (Å²) in [4.78, 5) is 12.0. The average molecular weight is 384 g/mol. The van der Waals surface area contributed by atoms with Gasteiger partial charge in [-0.15, -0.1) is 0 Å². The SMILES string of the molecule is Cc1cc(OCC(=O)c2ccccc2Br)ccc1Br. The normalized spacial score (nSPS) is 10.3. The Labute approximate surface area is 129 Å². The molecular weight excluding hydrogens is 372 g/mol. The molecule has 4 heteroatoms. The monoisotopic (exact) mass is 382 g/mol. The first-order chi connectivity index (χ1) is 9.08. The molecule has 0 N–H and O–H groups in total. The molecule has 98 valence electrons. The van der Waals surface area contributed by atoms with Crippen LogP contribution in [0.2, 0.25) is 0 Å². The van der Waals surface area contributed by atoms with E-state index in [1.807, 2.05) is 43.3 Å². The van der Waals surface area contributed by atoms with E-state index in [-0.39, 0.29) is 12.4 Å². The van der Waals surface area contributed by atoms with E-state index in [1.165, 1.54) is 0 Å². The molecule has 0 aliphatic heterocycles. The number of hydrogen-bond donors (Lipinski definition) is 0. The zero-order valence-corrected chi connectivity index (χ0v) is 13.5. The van der Waals surface area contributed by atoms with Crippen molar-refractivity contribution >= 4 is 37.6 Å².